The molecule has 0 saturated heterocycles. The topological polar surface area (TPSA) is 51.7 Å². The Labute approximate surface area is 155 Å². The van der Waals surface area contributed by atoms with Crippen LogP contribution in [0.3, 0.4) is 0 Å². The number of fused-ring (bicyclic) bond motifs is 1. The fourth-order valence-electron chi connectivity index (χ4n) is 2.92. The van der Waals surface area contributed by atoms with Crippen LogP contribution in [0, 0.1) is 6.92 Å². The van der Waals surface area contributed by atoms with E-state index in [1.165, 1.54) is 0 Å². The van der Waals surface area contributed by atoms with E-state index >= 15 is 0 Å². The summed E-state index contributed by atoms with van der Waals surface area (Å²) < 4.78 is 11.4. The number of amides is 1. The monoisotopic (exact) mass is 366 g/mol. The quantitative estimate of drug-likeness (QED) is 0.687. The summed E-state index contributed by atoms with van der Waals surface area (Å²) in [5.41, 5.74) is 5.56. The third kappa shape index (κ3) is 3.41. The molecule has 2 aromatic carbocycles. The Balaban J connectivity index is 1.53. The van der Waals surface area contributed by atoms with Crippen LogP contribution < -0.4 is 14.4 Å². The molecule has 1 amide bonds. The fraction of sp³-hybridized carbons (Fsp3) is 0.200. The van der Waals surface area contributed by atoms with Gasteiger partial charge in [0.1, 0.15) is 18.1 Å². The van der Waals surface area contributed by atoms with Crippen molar-refractivity contribution in [2.45, 2.75) is 6.92 Å². The number of carbonyl (C=O) groups excluding carboxylic acids is 1. The molecule has 0 saturated carbocycles. The van der Waals surface area contributed by atoms with Crippen molar-refractivity contribution in [2.75, 3.05) is 24.7 Å². The Bertz CT molecular complexity index is 925. The first-order chi connectivity index (χ1) is 12.7. The van der Waals surface area contributed by atoms with Gasteiger partial charge in [0.05, 0.1) is 23.4 Å². The lowest BCUT2D eigenvalue weighted by Crippen LogP contribution is -2.41. The van der Waals surface area contributed by atoms with Gasteiger partial charge in [0.25, 0.3) is 5.91 Å². The number of benzene rings is 2. The van der Waals surface area contributed by atoms with E-state index in [2.05, 4.69) is 4.98 Å². The van der Waals surface area contributed by atoms with Gasteiger partial charge in [0, 0.05) is 10.9 Å². The third-order valence-electron chi connectivity index (χ3n) is 4.20. The van der Waals surface area contributed by atoms with E-state index in [4.69, 9.17) is 9.47 Å². The summed E-state index contributed by atoms with van der Waals surface area (Å²) in [6.07, 6.45) is 0. The maximum absolute atomic E-state index is 12.4. The van der Waals surface area contributed by atoms with Crippen LogP contribution in [0.1, 0.15) is 5.56 Å². The van der Waals surface area contributed by atoms with Gasteiger partial charge >= 0.3 is 0 Å². The Morgan fingerprint density at radius 1 is 1.27 bits per heavy atom. The van der Waals surface area contributed by atoms with Crippen LogP contribution in [0.25, 0.3) is 11.3 Å². The van der Waals surface area contributed by atoms with Crippen molar-refractivity contribution in [3.05, 3.63) is 58.9 Å². The lowest BCUT2D eigenvalue weighted by atomic mass is 10.1. The molecule has 1 aromatic heterocycles. The van der Waals surface area contributed by atoms with Gasteiger partial charge in [-0.3, -0.25) is 4.79 Å². The molecule has 0 bridgehead atoms. The zero-order valence-corrected chi connectivity index (χ0v) is 15.2. The smallest absolute Gasteiger partial charge is 0.265 e. The summed E-state index contributed by atoms with van der Waals surface area (Å²) >= 11 is 1.54. The molecule has 132 valence electrons. The SMILES string of the molecule is Cc1cccc(OCCN2C(=O)COc3ccc(-c4cscn4)cc32)c1. The molecule has 0 spiro atoms. The van der Waals surface area contributed by atoms with Crippen molar-refractivity contribution in [1.29, 1.82) is 0 Å². The lowest BCUT2D eigenvalue weighted by molar-refractivity contribution is -0.121. The minimum atomic E-state index is -0.0687. The van der Waals surface area contributed by atoms with Gasteiger partial charge in [-0.25, -0.2) is 4.98 Å². The summed E-state index contributed by atoms with van der Waals surface area (Å²) in [6.45, 7) is 2.95. The Hall–Kier alpha value is -2.86. The summed E-state index contributed by atoms with van der Waals surface area (Å²) in [6, 6.07) is 13.7. The van der Waals surface area contributed by atoms with E-state index < -0.39 is 0 Å². The van der Waals surface area contributed by atoms with Crippen molar-refractivity contribution in [3.8, 4) is 22.8 Å². The van der Waals surface area contributed by atoms with Gasteiger partial charge in [-0.1, -0.05) is 12.1 Å². The second-order valence-electron chi connectivity index (χ2n) is 6.06. The number of aryl methyl sites for hydroxylation is 1. The van der Waals surface area contributed by atoms with Crippen LogP contribution in [0.2, 0.25) is 0 Å². The highest BCUT2D eigenvalue weighted by molar-refractivity contribution is 7.07. The number of anilines is 1. The van der Waals surface area contributed by atoms with Gasteiger partial charge in [0.2, 0.25) is 0 Å². The lowest BCUT2D eigenvalue weighted by Gasteiger charge is -2.29. The number of nitrogens with zero attached hydrogens (tertiary/aromatic N) is 2. The molecule has 0 N–H and O–H groups in total. The molecule has 0 aliphatic carbocycles. The first-order valence-electron chi connectivity index (χ1n) is 8.36. The van der Waals surface area contributed by atoms with Gasteiger partial charge < -0.3 is 14.4 Å². The summed E-state index contributed by atoms with van der Waals surface area (Å²) in [5.74, 6) is 1.45. The highest BCUT2D eigenvalue weighted by atomic mass is 32.1. The molecule has 0 radical (unpaired) electrons. The summed E-state index contributed by atoms with van der Waals surface area (Å²) in [4.78, 5) is 18.4. The Kier molecular flexibility index (Phi) is 4.58. The average Bonchev–Trinajstić information content (AvgIpc) is 3.18. The van der Waals surface area contributed by atoms with E-state index in [0.29, 0.717) is 18.9 Å². The molecular weight excluding hydrogens is 348 g/mol. The number of carbonyl (C=O) groups is 1. The van der Waals surface area contributed by atoms with Gasteiger partial charge in [-0.15, -0.1) is 11.3 Å². The zero-order chi connectivity index (χ0) is 17.9. The summed E-state index contributed by atoms with van der Waals surface area (Å²) in [5, 5.41) is 1.98. The predicted octanol–water partition coefficient (Wildman–Crippen LogP) is 3.92. The number of aromatic nitrogens is 1. The van der Waals surface area contributed by atoms with Crippen molar-refractivity contribution >= 4 is 22.9 Å². The highest BCUT2D eigenvalue weighted by Gasteiger charge is 2.26. The predicted molar refractivity (Wildman–Crippen MR) is 102 cm³/mol. The normalized spacial score (nSPS) is 13.3. The molecule has 26 heavy (non-hydrogen) atoms. The molecule has 1 aliphatic rings. The minimum Gasteiger partial charge on any atom is -0.492 e. The third-order valence-corrected chi connectivity index (χ3v) is 4.79. The summed E-state index contributed by atoms with van der Waals surface area (Å²) in [7, 11) is 0. The van der Waals surface area contributed by atoms with E-state index in [-0.39, 0.29) is 12.5 Å². The minimum absolute atomic E-state index is 0.0491. The molecule has 1 aliphatic heterocycles. The fourth-order valence-corrected chi connectivity index (χ4v) is 3.48. The number of hydrogen-bond acceptors (Lipinski definition) is 5. The largest absolute Gasteiger partial charge is 0.492 e. The van der Waals surface area contributed by atoms with Crippen LogP contribution in [0.4, 0.5) is 5.69 Å². The Morgan fingerprint density at radius 2 is 2.19 bits per heavy atom. The maximum atomic E-state index is 12.4. The van der Waals surface area contributed by atoms with Crippen molar-refractivity contribution in [3.63, 3.8) is 0 Å². The molecule has 2 heterocycles. The van der Waals surface area contributed by atoms with Crippen molar-refractivity contribution in [2.24, 2.45) is 0 Å². The molecule has 0 unspecified atom stereocenters. The van der Waals surface area contributed by atoms with Gasteiger partial charge in [-0.2, -0.15) is 0 Å². The number of thiazole rings is 1. The van der Waals surface area contributed by atoms with E-state index in [9.17, 15) is 4.79 Å². The second-order valence-corrected chi connectivity index (χ2v) is 6.77. The molecule has 4 rings (SSSR count). The Morgan fingerprint density at radius 3 is 3.00 bits per heavy atom. The standard InChI is InChI=1S/C20H18N2O3S/c1-14-3-2-4-16(9-14)24-8-7-22-18-10-15(17-12-26-13-21-17)5-6-19(18)25-11-20(22)23/h2-6,9-10,12-13H,7-8,11H2,1H3. The maximum Gasteiger partial charge on any atom is 0.265 e. The van der Waals surface area contributed by atoms with Crippen molar-refractivity contribution in [1.82, 2.24) is 4.98 Å². The number of hydrogen-bond donors (Lipinski definition) is 0. The molecule has 6 heteroatoms. The first kappa shape index (κ1) is 16.6. The van der Waals surface area contributed by atoms with Crippen LogP contribution in [0.15, 0.2) is 53.4 Å². The van der Waals surface area contributed by atoms with Crippen LogP contribution in [0.5, 0.6) is 11.5 Å². The molecular formula is C20H18N2O3S. The van der Waals surface area contributed by atoms with E-state index in [1.807, 2.05) is 54.8 Å². The van der Waals surface area contributed by atoms with Crippen LogP contribution >= 0.6 is 11.3 Å². The molecule has 5 nitrogen and oxygen atoms in total. The molecule has 0 fully saturated rings. The second kappa shape index (κ2) is 7.17. The van der Waals surface area contributed by atoms with Crippen LogP contribution in [-0.2, 0) is 4.79 Å². The zero-order valence-electron chi connectivity index (χ0n) is 14.3. The number of rotatable bonds is 5. The average molecular weight is 366 g/mol. The van der Waals surface area contributed by atoms with E-state index in [0.717, 1.165) is 28.3 Å². The molecule has 3 aromatic rings. The molecule has 0 atom stereocenters. The first-order valence-corrected chi connectivity index (χ1v) is 9.30. The number of ether oxygens (including phenoxy) is 2. The van der Waals surface area contributed by atoms with Crippen molar-refractivity contribution < 1.29 is 14.3 Å². The van der Waals surface area contributed by atoms with Gasteiger partial charge in [0.15, 0.2) is 6.61 Å². The highest BCUT2D eigenvalue weighted by Crippen LogP contribution is 2.35. The van der Waals surface area contributed by atoms with Gasteiger partial charge in [-0.05, 0) is 42.8 Å². The van der Waals surface area contributed by atoms with E-state index in [1.54, 1.807) is 21.7 Å². The van der Waals surface area contributed by atoms with Crippen LogP contribution in [-0.4, -0.2) is 30.6 Å².